The molecule has 0 saturated carbocycles. The van der Waals surface area contributed by atoms with Crippen LogP contribution in [0.2, 0.25) is 5.02 Å². The molecule has 5 heteroatoms. The highest BCUT2D eigenvalue weighted by Crippen LogP contribution is 2.33. The number of halogens is 2. The second-order valence-electron chi connectivity index (χ2n) is 5.38. The quantitative estimate of drug-likeness (QED) is 0.416. The van der Waals surface area contributed by atoms with Crippen LogP contribution in [-0.2, 0) is 0 Å². The number of rotatable bonds is 4. The van der Waals surface area contributed by atoms with Crippen molar-refractivity contribution in [1.29, 1.82) is 0 Å². The highest BCUT2D eigenvalue weighted by molar-refractivity contribution is 14.1. The number of allylic oxidation sites excluding steroid dienone is 1. The molecule has 0 fully saturated rings. The summed E-state index contributed by atoms with van der Waals surface area (Å²) in [5.41, 5.74) is 2.98. The minimum Gasteiger partial charge on any atom is -0.506 e. The third-order valence-corrected chi connectivity index (χ3v) is 5.24. The van der Waals surface area contributed by atoms with Crippen molar-refractivity contribution in [3.63, 3.8) is 0 Å². The Morgan fingerprint density at radius 2 is 1.87 bits per heavy atom. The molecule has 3 nitrogen and oxygen atoms in total. The molecule has 1 N–H and O–H groups in total. The van der Waals surface area contributed by atoms with Crippen molar-refractivity contribution in [2.45, 2.75) is 6.92 Å². The van der Waals surface area contributed by atoms with Crippen LogP contribution in [0.5, 0.6) is 5.75 Å². The lowest BCUT2D eigenvalue weighted by atomic mass is 10.1. The first-order valence-corrected chi connectivity index (χ1v) is 8.44. The zero-order valence-corrected chi connectivity index (χ0v) is 16.0. The van der Waals surface area contributed by atoms with Crippen molar-refractivity contribution in [3.05, 3.63) is 61.7 Å². The number of phenolic OH excluding ortho intramolecular Hbond substituents is 1. The van der Waals surface area contributed by atoms with Gasteiger partial charge in [-0.3, -0.25) is 4.79 Å². The van der Waals surface area contributed by atoms with E-state index in [9.17, 15) is 9.90 Å². The first-order valence-electron chi connectivity index (χ1n) is 6.98. The predicted octanol–water partition coefficient (Wildman–Crippen LogP) is 4.92. The van der Waals surface area contributed by atoms with Gasteiger partial charge in [0, 0.05) is 24.8 Å². The molecule has 120 valence electrons. The number of ketones is 1. The van der Waals surface area contributed by atoms with Gasteiger partial charge in [0.05, 0.1) is 9.13 Å². The number of aromatic hydroxyl groups is 1. The first kappa shape index (κ1) is 17.8. The van der Waals surface area contributed by atoms with Gasteiger partial charge in [-0.05, 0) is 64.9 Å². The number of carbonyl (C=O) groups is 1. The van der Waals surface area contributed by atoms with E-state index in [0.29, 0.717) is 8.59 Å². The van der Waals surface area contributed by atoms with Gasteiger partial charge >= 0.3 is 0 Å². The molecule has 0 saturated heterocycles. The SMILES string of the molecule is Cc1c(Cl)cc(C(=O)/C=C/c2ccc(N(C)C)cc2)c(O)c1I. The van der Waals surface area contributed by atoms with Crippen molar-refractivity contribution in [2.24, 2.45) is 0 Å². The summed E-state index contributed by atoms with van der Waals surface area (Å²) < 4.78 is 0.599. The molecule has 0 aliphatic rings. The highest BCUT2D eigenvalue weighted by atomic mass is 127. The largest absolute Gasteiger partial charge is 0.506 e. The van der Waals surface area contributed by atoms with Crippen LogP contribution in [0.25, 0.3) is 6.08 Å². The zero-order valence-electron chi connectivity index (χ0n) is 13.1. The smallest absolute Gasteiger partial charge is 0.189 e. The van der Waals surface area contributed by atoms with Crippen LogP contribution in [-0.4, -0.2) is 25.0 Å². The van der Waals surface area contributed by atoms with Crippen LogP contribution < -0.4 is 4.90 Å². The molecule has 0 radical (unpaired) electrons. The Hall–Kier alpha value is -1.53. The van der Waals surface area contributed by atoms with Crippen LogP contribution in [0.1, 0.15) is 21.5 Å². The molecule has 0 spiro atoms. The Kier molecular flexibility index (Phi) is 5.70. The average Bonchev–Trinajstić information content (AvgIpc) is 2.54. The van der Waals surface area contributed by atoms with Gasteiger partial charge in [-0.2, -0.15) is 0 Å². The second kappa shape index (κ2) is 7.36. The molecule has 2 aromatic rings. The third-order valence-electron chi connectivity index (χ3n) is 3.52. The number of benzene rings is 2. The molecular formula is C18H17ClINO2. The Bertz CT molecular complexity index is 768. The number of carbonyl (C=O) groups excluding carboxylic acids is 1. The fraction of sp³-hybridized carbons (Fsp3) is 0.167. The van der Waals surface area contributed by atoms with Gasteiger partial charge < -0.3 is 10.0 Å². The lowest BCUT2D eigenvalue weighted by molar-refractivity contribution is 0.104. The number of nitrogens with zero attached hydrogens (tertiary/aromatic N) is 1. The first-order chi connectivity index (χ1) is 10.8. The van der Waals surface area contributed by atoms with Crippen LogP contribution in [0.3, 0.4) is 0 Å². The van der Waals surface area contributed by atoms with E-state index in [0.717, 1.165) is 16.8 Å². The summed E-state index contributed by atoms with van der Waals surface area (Å²) >= 11 is 8.09. The Balaban J connectivity index is 2.25. The molecule has 0 unspecified atom stereocenters. The number of phenols is 1. The predicted molar refractivity (Wildman–Crippen MR) is 105 cm³/mol. The van der Waals surface area contributed by atoms with Gasteiger partial charge in [-0.1, -0.05) is 29.8 Å². The summed E-state index contributed by atoms with van der Waals surface area (Å²) in [6.45, 7) is 1.81. The van der Waals surface area contributed by atoms with Gasteiger partial charge in [0.2, 0.25) is 0 Å². The van der Waals surface area contributed by atoms with E-state index in [1.807, 2.05) is 65.9 Å². The van der Waals surface area contributed by atoms with Crippen molar-refractivity contribution in [3.8, 4) is 5.75 Å². The second-order valence-corrected chi connectivity index (χ2v) is 6.86. The lowest BCUT2D eigenvalue weighted by Gasteiger charge is -2.11. The van der Waals surface area contributed by atoms with Crippen molar-refractivity contribution >= 4 is 51.7 Å². The van der Waals surface area contributed by atoms with Crippen LogP contribution >= 0.6 is 34.2 Å². The molecule has 0 aromatic heterocycles. The fourth-order valence-electron chi connectivity index (χ4n) is 2.04. The molecule has 0 atom stereocenters. The maximum Gasteiger partial charge on any atom is 0.189 e. The maximum atomic E-state index is 12.3. The third kappa shape index (κ3) is 4.06. The molecule has 0 bridgehead atoms. The Morgan fingerprint density at radius 1 is 1.26 bits per heavy atom. The summed E-state index contributed by atoms with van der Waals surface area (Å²) in [7, 11) is 3.94. The van der Waals surface area contributed by atoms with Crippen molar-refractivity contribution < 1.29 is 9.90 Å². The summed E-state index contributed by atoms with van der Waals surface area (Å²) in [6, 6.07) is 9.34. The zero-order chi connectivity index (χ0) is 17.1. The Morgan fingerprint density at radius 3 is 2.43 bits per heavy atom. The summed E-state index contributed by atoms with van der Waals surface area (Å²) in [4.78, 5) is 14.3. The molecular weight excluding hydrogens is 425 g/mol. The number of hydrogen-bond donors (Lipinski definition) is 1. The van der Waals surface area contributed by atoms with E-state index >= 15 is 0 Å². The van der Waals surface area contributed by atoms with Gasteiger partial charge in [0.15, 0.2) is 5.78 Å². The monoisotopic (exact) mass is 441 g/mol. The van der Waals surface area contributed by atoms with Gasteiger partial charge in [-0.15, -0.1) is 0 Å². The van der Waals surface area contributed by atoms with Gasteiger partial charge in [0.1, 0.15) is 5.75 Å². The Labute approximate surface area is 154 Å². The van der Waals surface area contributed by atoms with E-state index in [1.54, 1.807) is 13.0 Å². The highest BCUT2D eigenvalue weighted by Gasteiger charge is 2.16. The van der Waals surface area contributed by atoms with Crippen LogP contribution in [0.15, 0.2) is 36.4 Å². The molecule has 0 aliphatic carbocycles. The molecule has 0 aliphatic heterocycles. The van der Waals surface area contributed by atoms with Crippen molar-refractivity contribution in [1.82, 2.24) is 0 Å². The topological polar surface area (TPSA) is 40.5 Å². The summed E-state index contributed by atoms with van der Waals surface area (Å²) in [5.74, 6) is -0.302. The van der Waals surface area contributed by atoms with E-state index in [-0.39, 0.29) is 17.1 Å². The number of anilines is 1. The molecule has 0 amide bonds. The van der Waals surface area contributed by atoms with E-state index in [1.165, 1.54) is 12.1 Å². The normalized spacial score (nSPS) is 11.0. The van der Waals surface area contributed by atoms with E-state index in [4.69, 9.17) is 11.6 Å². The average molecular weight is 442 g/mol. The standard InChI is InChI=1S/C18H17ClINO2/c1-11-15(19)10-14(18(23)17(11)20)16(22)9-6-12-4-7-13(8-5-12)21(2)3/h4-10,23H,1-3H3/b9-6+. The van der Waals surface area contributed by atoms with E-state index in [2.05, 4.69) is 0 Å². The van der Waals surface area contributed by atoms with Crippen molar-refractivity contribution in [2.75, 3.05) is 19.0 Å². The molecule has 2 rings (SSSR count). The molecule has 23 heavy (non-hydrogen) atoms. The molecule has 2 aromatic carbocycles. The minimum absolute atomic E-state index is 0.0231. The van der Waals surface area contributed by atoms with Crippen LogP contribution in [0, 0.1) is 10.5 Å². The van der Waals surface area contributed by atoms with Gasteiger partial charge in [0.25, 0.3) is 0 Å². The number of hydrogen-bond acceptors (Lipinski definition) is 3. The lowest BCUT2D eigenvalue weighted by Crippen LogP contribution is -2.07. The maximum absolute atomic E-state index is 12.3. The molecule has 0 heterocycles. The van der Waals surface area contributed by atoms with Crippen LogP contribution in [0.4, 0.5) is 5.69 Å². The summed E-state index contributed by atoms with van der Waals surface area (Å²) in [6.07, 6.45) is 3.17. The minimum atomic E-state index is -0.279. The fourth-order valence-corrected chi connectivity index (χ4v) is 2.98. The van der Waals surface area contributed by atoms with Gasteiger partial charge in [-0.25, -0.2) is 0 Å². The van der Waals surface area contributed by atoms with E-state index < -0.39 is 0 Å². The summed E-state index contributed by atoms with van der Waals surface area (Å²) in [5, 5.41) is 10.6.